The minimum Gasteiger partial charge on any atom is -0.395 e. The maximum atomic E-state index is 9.74. The molecule has 0 heterocycles. The fraction of sp³-hybridized carbons (Fsp3) is 1.00. The van der Waals surface area contributed by atoms with Gasteiger partial charge in [-0.3, -0.25) is 0 Å². The summed E-state index contributed by atoms with van der Waals surface area (Å²) in [5, 5.41) is 18.7. The molecule has 0 aromatic carbocycles. The Labute approximate surface area is 246 Å². The van der Waals surface area contributed by atoms with Crippen LogP contribution >= 0.6 is 0 Å². The van der Waals surface area contributed by atoms with Gasteiger partial charge in [0.25, 0.3) is 0 Å². The molecule has 0 saturated heterocycles. The normalized spacial score (nSPS) is 13.2. The fourth-order valence-electron chi connectivity index (χ4n) is 5.89. The molecule has 0 rings (SSSR count). The van der Waals surface area contributed by atoms with Crippen LogP contribution in [0.4, 0.5) is 0 Å². The van der Waals surface area contributed by atoms with Crippen LogP contribution in [-0.2, 0) is 0 Å². The zero-order valence-corrected chi connectivity index (χ0v) is 27.0. The second kappa shape index (κ2) is 34.1. The van der Waals surface area contributed by atoms with Gasteiger partial charge in [0.2, 0.25) is 0 Å². The fourth-order valence-corrected chi connectivity index (χ4v) is 5.89. The predicted octanol–water partition coefficient (Wildman–Crippen LogP) is 11.2. The molecular formula is C36H75NO2. The van der Waals surface area contributed by atoms with E-state index >= 15 is 0 Å². The van der Waals surface area contributed by atoms with E-state index < -0.39 is 12.1 Å². The highest BCUT2D eigenvalue weighted by atomic mass is 16.3. The molecule has 0 aliphatic rings. The average molecular weight is 554 g/mol. The van der Waals surface area contributed by atoms with Crippen LogP contribution in [0, 0.1) is 0 Å². The molecule has 236 valence electrons. The van der Waals surface area contributed by atoms with Crippen molar-refractivity contribution in [1.82, 2.24) is 0 Å². The molecule has 0 bridgehead atoms. The van der Waals surface area contributed by atoms with Crippen molar-refractivity contribution in [3.8, 4) is 0 Å². The molecule has 0 saturated carbocycles. The molecular weight excluding hydrogens is 478 g/mol. The summed E-state index contributed by atoms with van der Waals surface area (Å²) in [6, 6.07) is -0.474. The Bertz CT molecular complexity index is 430. The van der Waals surface area contributed by atoms with E-state index in [1.165, 1.54) is 193 Å². The van der Waals surface area contributed by atoms with Gasteiger partial charge in [0.15, 0.2) is 0 Å². The van der Waals surface area contributed by atoms with Gasteiger partial charge in [0, 0.05) is 0 Å². The number of hydrogen-bond donors (Lipinski definition) is 3. The Morgan fingerprint density at radius 1 is 0.385 bits per heavy atom. The maximum Gasteiger partial charge on any atom is 0.0713 e. The number of aliphatic hydroxyl groups is 2. The van der Waals surface area contributed by atoms with E-state index in [9.17, 15) is 5.11 Å². The van der Waals surface area contributed by atoms with E-state index in [0.717, 1.165) is 12.8 Å². The average Bonchev–Trinajstić information content (AvgIpc) is 2.95. The Kier molecular flexibility index (Phi) is 34.0. The first-order valence-electron chi connectivity index (χ1n) is 18.3. The lowest BCUT2D eigenvalue weighted by Crippen LogP contribution is -2.37. The van der Waals surface area contributed by atoms with E-state index in [4.69, 9.17) is 10.8 Å². The Morgan fingerprint density at radius 3 is 0.795 bits per heavy atom. The quantitative estimate of drug-likeness (QED) is 0.0694. The highest BCUT2D eigenvalue weighted by molar-refractivity contribution is 4.70. The van der Waals surface area contributed by atoms with Gasteiger partial charge >= 0.3 is 0 Å². The van der Waals surface area contributed by atoms with Crippen molar-refractivity contribution in [2.24, 2.45) is 5.73 Å². The van der Waals surface area contributed by atoms with Crippen molar-refractivity contribution < 1.29 is 10.2 Å². The Morgan fingerprint density at radius 2 is 0.590 bits per heavy atom. The van der Waals surface area contributed by atoms with Crippen LogP contribution in [0.1, 0.15) is 212 Å². The summed E-state index contributed by atoms with van der Waals surface area (Å²) < 4.78 is 0. The number of hydrogen-bond acceptors (Lipinski definition) is 3. The van der Waals surface area contributed by atoms with Crippen molar-refractivity contribution >= 4 is 0 Å². The second-order valence-electron chi connectivity index (χ2n) is 12.8. The van der Waals surface area contributed by atoms with E-state index in [1.807, 2.05) is 0 Å². The number of rotatable bonds is 34. The molecule has 3 heteroatoms. The van der Waals surface area contributed by atoms with Gasteiger partial charge in [-0.25, -0.2) is 0 Å². The molecule has 0 spiro atoms. The molecule has 3 nitrogen and oxygen atoms in total. The molecule has 39 heavy (non-hydrogen) atoms. The highest BCUT2D eigenvalue weighted by Gasteiger charge is 2.12. The lowest BCUT2D eigenvalue weighted by atomic mass is 10.0. The largest absolute Gasteiger partial charge is 0.395 e. The summed E-state index contributed by atoms with van der Waals surface area (Å²) in [6.45, 7) is 2.18. The van der Waals surface area contributed by atoms with Gasteiger partial charge in [-0.15, -0.1) is 0 Å². The number of nitrogens with two attached hydrogens (primary N) is 1. The zero-order valence-electron chi connectivity index (χ0n) is 27.0. The topological polar surface area (TPSA) is 66.5 Å². The van der Waals surface area contributed by atoms with Crippen LogP contribution < -0.4 is 5.73 Å². The van der Waals surface area contributed by atoms with Gasteiger partial charge in [0.1, 0.15) is 0 Å². The summed E-state index contributed by atoms with van der Waals surface area (Å²) >= 11 is 0. The third kappa shape index (κ3) is 32.3. The van der Waals surface area contributed by atoms with Crippen molar-refractivity contribution in [2.75, 3.05) is 6.61 Å². The lowest BCUT2D eigenvalue weighted by Gasteiger charge is -2.15. The van der Waals surface area contributed by atoms with Gasteiger partial charge in [0.05, 0.1) is 18.8 Å². The SMILES string of the molecule is CCCCCCCCCCCCCCCCCCCCCCCCCCCCCCCCC[C@@H](O)[C@@H](N)CO. The monoisotopic (exact) mass is 554 g/mol. The molecule has 0 amide bonds. The van der Waals surface area contributed by atoms with E-state index in [1.54, 1.807) is 0 Å². The van der Waals surface area contributed by atoms with Crippen molar-refractivity contribution in [3.63, 3.8) is 0 Å². The van der Waals surface area contributed by atoms with Crippen LogP contribution in [0.2, 0.25) is 0 Å². The molecule has 0 aliphatic heterocycles. The third-order valence-corrected chi connectivity index (χ3v) is 8.81. The van der Waals surface area contributed by atoms with Crippen molar-refractivity contribution in [3.05, 3.63) is 0 Å². The zero-order chi connectivity index (χ0) is 28.5. The molecule has 0 unspecified atom stereocenters. The van der Waals surface area contributed by atoms with Crippen LogP contribution in [0.3, 0.4) is 0 Å². The molecule has 0 aromatic rings. The first-order chi connectivity index (χ1) is 19.2. The van der Waals surface area contributed by atoms with E-state index in [2.05, 4.69) is 6.92 Å². The molecule has 0 fully saturated rings. The summed E-state index contributed by atoms with van der Waals surface area (Å²) in [4.78, 5) is 0. The van der Waals surface area contributed by atoms with E-state index in [-0.39, 0.29) is 6.61 Å². The maximum absolute atomic E-state index is 9.74. The minimum atomic E-state index is -0.543. The smallest absolute Gasteiger partial charge is 0.0713 e. The van der Waals surface area contributed by atoms with Crippen LogP contribution in [0.25, 0.3) is 0 Å². The van der Waals surface area contributed by atoms with E-state index in [0.29, 0.717) is 0 Å². The standard InChI is InChI=1S/C36H75NO2/c1-2-3-4-5-6-7-8-9-10-11-12-13-14-15-16-17-18-19-20-21-22-23-24-25-26-27-28-29-30-31-32-33-36(39)35(37)34-38/h35-36,38-39H,2-34,37H2,1H3/t35-,36+/m0/s1. The first kappa shape index (κ1) is 38.9. The minimum absolute atomic E-state index is 0.124. The van der Waals surface area contributed by atoms with Crippen LogP contribution in [0.15, 0.2) is 0 Å². The Hall–Kier alpha value is -0.120. The van der Waals surface area contributed by atoms with Gasteiger partial charge < -0.3 is 15.9 Å². The molecule has 0 aliphatic carbocycles. The van der Waals surface area contributed by atoms with Crippen molar-refractivity contribution in [1.29, 1.82) is 0 Å². The second-order valence-corrected chi connectivity index (χ2v) is 12.8. The Balaban J connectivity index is 3.07. The highest BCUT2D eigenvalue weighted by Crippen LogP contribution is 2.17. The molecule has 2 atom stereocenters. The molecule has 0 radical (unpaired) electrons. The predicted molar refractivity (Wildman–Crippen MR) is 174 cm³/mol. The number of unbranched alkanes of at least 4 members (excludes halogenated alkanes) is 30. The molecule has 0 aromatic heterocycles. The third-order valence-electron chi connectivity index (χ3n) is 8.81. The summed E-state index contributed by atoms with van der Waals surface area (Å²) in [5.41, 5.74) is 5.63. The van der Waals surface area contributed by atoms with Crippen LogP contribution in [-0.4, -0.2) is 29.0 Å². The van der Waals surface area contributed by atoms with Gasteiger partial charge in [-0.1, -0.05) is 206 Å². The van der Waals surface area contributed by atoms with Crippen molar-refractivity contribution in [2.45, 2.75) is 225 Å². The number of aliphatic hydroxyl groups excluding tert-OH is 2. The molecule has 4 N–H and O–H groups in total. The van der Waals surface area contributed by atoms with Gasteiger partial charge in [-0.05, 0) is 6.42 Å². The van der Waals surface area contributed by atoms with Crippen LogP contribution in [0.5, 0.6) is 0 Å². The summed E-state index contributed by atoms with van der Waals surface area (Å²) in [7, 11) is 0. The lowest BCUT2D eigenvalue weighted by molar-refractivity contribution is 0.0990. The first-order valence-corrected chi connectivity index (χ1v) is 18.3. The summed E-state index contributed by atoms with van der Waals surface area (Å²) in [6.07, 6.45) is 44.2. The summed E-state index contributed by atoms with van der Waals surface area (Å²) in [5.74, 6) is 0. The van der Waals surface area contributed by atoms with Gasteiger partial charge in [-0.2, -0.15) is 0 Å².